The summed E-state index contributed by atoms with van der Waals surface area (Å²) in [5.74, 6) is 1.60. The maximum absolute atomic E-state index is 4.39. The fraction of sp³-hybridized carbons (Fsp3) is 0.750. The Kier molecular flexibility index (Phi) is 3.10. The molecule has 1 N–H and O–H groups in total. The number of nitrogens with zero attached hydrogens (tertiary/aromatic N) is 2. The van der Waals surface area contributed by atoms with Crippen molar-refractivity contribution in [3.63, 3.8) is 0 Å². The van der Waals surface area contributed by atoms with E-state index in [1.807, 2.05) is 11.7 Å². The summed E-state index contributed by atoms with van der Waals surface area (Å²) >= 11 is 0. The Morgan fingerprint density at radius 3 is 2.93 bits per heavy atom. The predicted octanol–water partition coefficient (Wildman–Crippen LogP) is 1.52. The first kappa shape index (κ1) is 10.7. The molecule has 2 atom stereocenters. The lowest BCUT2D eigenvalue weighted by Gasteiger charge is -2.27. The molecule has 84 valence electrons. The third kappa shape index (κ3) is 2.59. The molecule has 0 bridgehead atoms. The molecule has 1 aliphatic rings. The minimum Gasteiger partial charge on any atom is -0.316 e. The molecule has 1 aromatic heterocycles. The minimum atomic E-state index is 0.781. The zero-order chi connectivity index (χ0) is 10.8. The van der Waals surface area contributed by atoms with E-state index in [9.17, 15) is 0 Å². The van der Waals surface area contributed by atoms with Crippen LogP contribution in [0.2, 0.25) is 0 Å². The fourth-order valence-corrected chi connectivity index (χ4v) is 2.58. The Bertz CT molecular complexity index is 330. The summed E-state index contributed by atoms with van der Waals surface area (Å²) in [6.07, 6.45) is 2.51. The molecule has 0 radical (unpaired) electrons. The van der Waals surface area contributed by atoms with Gasteiger partial charge in [-0.1, -0.05) is 6.92 Å². The van der Waals surface area contributed by atoms with Gasteiger partial charge in [0.15, 0.2) is 0 Å². The molecule has 2 rings (SSSR count). The van der Waals surface area contributed by atoms with Crippen molar-refractivity contribution in [1.29, 1.82) is 0 Å². The van der Waals surface area contributed by atoms with Crippen molar-refractivity contribution in [3.8, 4) is 0 Å². The van der Waals surface area contributed by atoms with E-state index in [1.54, 1.807) is 0 Å². The lowest BCUT2D eigenvalue weighted by atomic mass is 9.88. The van der Waals surface area contributed by atoms with Crippen molar-refractivity contribution < 1.29 is 0 Å². The van der Waals surface area contributed by atoms with Crippen molar-refractivity contribution >= 4 is 0 Å². The molecule has 3 nitrogen and oxygen atoms in total. The van der Waals surface area contributed by atoms with Gasteiger partial charge in [-0.25, -0.2) is 0 Å². The van der Waals surface area contributed by atoms with Gasteiger partial charge in [-0.2, -0.15) is 5.10 Å². The Morgan fingerprint density at radius 2 is 2.33 bits per heavy atom. The predicted molar refractivity (Wildman–Crippen MR) is 61.8 cm³/mol. The smallest absolute Gasteiger partial charge is 0.0596 e. The summed E-state index contributed by atoms with van der Waals surface area (Å²) in [5.41, 5.74) is 2.50. The molecule has 2 unspecified atom stereocenters. The molecule has 1 fully saturated rings. The SMILES string of the molecule is Cc1cc(CC2CNCC(C)C2)n(C)n1. The zero-order valence-corrected chi connectivity index (χ0v) is 9.95. The summed E-state index contributed by atoms with van der Waals surface area (Å²) in [5, 5.41) is 7.89. The van der Waals surface area contributed by atoms with E-state index < -0.39 is 0 Å². The average Bonchev–Trinajstić information content (AvgIpc) is 2.45. The van der Waals surface area contributed by atoms with Crippen LogP contribution in [0, 0.1) is 18.8 Å². The fourth-order valence-electron chi connectivity index (χ4n) is 2.58. The van der Waals surface area contributed by atoms with E-state index in [0.29, 0.717) is 0 Å². The van der Waals surface area contributed by atoms with Gasteiger partial charge in [0.2, 0.25) is 0 Å². The Labute approximate surface area is 91.9 Å². The highest BCUT2D eigenvalue weighted by Gasteiger charge is 2.19. The van der Waals surface area contributed by atoms with Crippen molar-refractivity contribution in [3.05, 3.63) is 17.5 Å². The molecule has 0 aromatic carbocycles. The second-order valence-electron chi connectivity index (χ2n) is 4.97. The molecular formula is C12H21N3. The van der Waals surface area contributed by atoms with E-state index in [0.717, 1.165) is 30.5 Å². The Balaban J connectivity index is 1.99. The summed E-state index contributed by atoms with van der Waals surface area (Å²) in [6.45, 7) is 6.73. The lowest BCUT2D eigenvalue weighted by Crippen LogP contribution is -2.36. The van der Waals surface area contributed by atoms with Crippen LogP contribution in [0.5, 0.6) is 0 Å². The molecule has 0 spiro atoms. The Morgan fingerprint density at radius 1 is 1.53 bits per heavy atom. The first-order valence-corrected chi connectivity index (χ1v) is 5.85. The maximum atomic E-state index is 4.39. The summed E-state index contributed by atoms with van der Waals surface area (Å²) in [7, 11) is 2.04. The molecule has 0 aliphatic carbocycles. The van der Waals surface area contributed by atoms with Crippen molar-refractivity contribution in [1.82, 2.24) is 15.1 Å². The van der Waals surface area contributed by atoms with E-state index in [1.165, 1.54) is 18.7 Å². The second kappa shape index (κ2) is 4.35. The molecule has 0 amide bonds. The molecule has 1 saturated heterocycles. The van der Waals surface area contributed by atoms with Gasteiger partial charge in [0.25, 0.3) is 0 Å². The molecule has 1 aromatic rings. The number of hydrogen-bond acceptors (Lipinski definition) is 2. The van der Waals surface area contributed by atoms with Gasteiger partial charge >= 0.3 is 0 Å². The molecule has 1 aliphatic heterocycles. The first-order chi connectivity index (χ1) is 7.15. The number of aromatic nitrogens is 2. The van der Waals surface area contributed by atoms with Crippen LogP contribution in [0.1, 0.15) is 24.7 Å². The third-order valence-electron chi connectivity index (χ3n) is 3.26. The average molecular weight is 207 g/mol. The first-order valence-electron chi connectivity index (χ1n) is 5.85. The summed E-state index contributed by atoms with van der Waals surface area (Å²) in [4.78, 5) is 0. The number of hydrogen-bond donors (Lipinski definition) is 1. The van der Waals surface area contributed by atoms with E-state index in [-0.39, 0.29) is 0 Å². The van der Waals surface area contributed by atoms with Gasteiger partial charge in [0.05, 0.1) is 5.69 Å². The van der Waals surface area contributed by atoms with Crippen LogP contribution in [-0.2, 0) is 13.5 Å². The summed E-state index contributed by atoms with van der Waals surface area (Å²) < 4.78 is 2.02. The van der Waals surface area contributed by atoms with Crippen LogP contribution < -0.4 is 5.32 Å². The van der Waals surface area contributed by atoms with E-state index in [4.69, 9.17) is 0 Å². The van der Waals surface area contributed by atoms with Crippen LogP contribution >= 0.6 is 0 Å². The number of nitrogens with one attached hydrogen (secondary N) is 1. The quantitative estimate of drug-likeness (QED) is 0.797. The zero-order valence-electron chi connectivity index (χ0n) is 9.95. The number of aryl methyl sites for hydroxylation is 2. The highest BCUT2D eigenvalue weighted by atomic mass is 15.3. The van der Waals surface area contributed by atoms with E-state index in [2.05, 4.69) is 30.3 Å². The normalized spacial score (nSPS) is 26.9. The van der Waals surface area contributed by atoms with Gasteiger partial charge < -0.3 is 5.32 Å². The molecular weight excluding hydrogens is 186 g/mol. The van der Waals surface area contributed by atoms with Crippen LogP contribution in [0.3, 0.4) is 0 Å². The highest BCUT2D eigenvalue weighted by Crippen LogP contribution is 2.20. The van der Waals surface area contributed by atoms with Crippen LogP contribution in [0.4, 0.5) is 0 Å². The number of piperidine rings is 1. The Hall–Kier alpha value is -0.830. The molecule has 3 heteroatoms. The van der Waals surface area contributed by atoms with Crippen LogP contribution in [-0.4, -0.2) is 22.9 Å². The molecule has 15 heavy (non-hydrogen) atoms. The van der Waals surface area contributed by atoms with Gasteiger partial charge in [-0.15, -0.1) is 0 Å². The van der Waals surface area contributed by atoms with Gasteiger partial charge in [0.1, 0.15) is 0 Å². The lowest BCUT2D eigenvalue weighted by molar-refractivity contribution is 0.298. The van der Waals surface area contributed by atoms with E-state index >= 15 is 0 Å². The largest absolute Gasteiger partial charge is 0.316 e. The van der Waals surface area contributed by atoms with Gasteiger partial charge in [-0.05, 0) is 50.8 Å². The number of rotatable bonds is 2. The van der Waals surface area contributed by atoms with Gasteiger partial charge in [-0.3, -0.25) is 4.68 Å². The van der Waals surface area contributed by atoms with Crippen molar-refractivity contribution in [2.45, 2.75) is 26.7 Å². The third-order valence-corrected chi connectivity index (χ3v) is 3.26. The van der Waals surface area contributed by atoms with Crippen molar-refractivity contribution in [2.75, 3.05) is 13.1 Å². The molecule has 0 saturated carbocycles. The van der Waals surface area contributed by atoms with Crippen LogP contribution in [0.25, 0.3) is 0 Å². The highest BCUT2D eigenvalue weighted by molar-refractivity contribution is 5.09. The second-order valence-corrected chi connectivity index (χ2v) is 4.97. The monoisotopic (exact) mass is 207 g/mol. The van der Waals surface area contributed by atoms with Gasteiger partial charge in [0, 0.05) is 12.7 Å². The van der Waals surface area contributed by atoms with Crippen molar-refractivity contribution in [2.24, 2.45) is 18.9 Å². The summed E-state index contributed by atoms with van der Waals surface area (Å²) in [6, 6.07) is 2.21. The standard InChI is InChI=1S/C12H21N3/c1-9-4-11(8-13-7-9)6-12-5-10(2)14-15(12)3/h5,9,11,13H,4,6-8H2,1-3H3. The van der Waals surface area contributed by atoms with Crippen LogP contribution in [0.15, 0.2) is 6.07 Å². The molecule has 2 heterocycles. The minimum absolute atomic E-state index is 0.781. The topological polar surface area (TPSA) is 29.9 Å². The maximum Gasteiger partial charge on any atom is 0.0596 e.